The number of anilines is 1. The van der Waals surface area contributed by atoms with Crippen LogP contribution in [-0.2, 0) is 4.79 Å². The largest absolute Gasteiger partial charge is 0.330 e. The summed E-state index contributed by atoms with van der Waals surface area (Å²) in [6, 6.07) is 4.31. The number of carbonyl (C=O) groups excluding carboxylic acids is 1. The van der Waals surface area contributed by atoms with Crippen molar-refractivity contribution in [2.75, 3.05) is 11.9 Å². The van der Waals surface area contributed by atoms with Crippen molar-refractivity contribution in [3.05, 3.63) is 29.6 Å². The fourth-order valence-corrected chi connectivity index (χ4v) is 1.63. The minimum Gasteiger partial charge on any atom is -0.330 e. The number of rotatable bonds is 5. The first-order valence-electron chi connectivity index (χ1n) is 5.82. The quantitative estimate of drug-likeness (QED) is 0.827. The molecule has 1 amide bonds. The second kappa shape index (κ2) is 6.35. The molecule has 0 spiro atoms. The Labute approximate surface area is 101 Å². The number of carbonyl (C=O) groups is 1. The van der Waals surface area contributed by atoms with Crippen LogP contribution in [0.3, 0.4) is 0 Å². The van der Waals surface area contributed by atoms with E-state index in [0.29, 0.717) is 18.7 Å². The summed E-state index contributed by atoms with van der Waals surface area (Å²) in [5.41, 5.74) is 6.92. The third-order valence-electron chi connectivity index (χ3n) is 2.85. The molecule has 0 radical (unpaired) electrons. The van der Waals surface area contributed by atoms with Gasteiger partial charge in [-0.2, -0.15) is 0 Å². The van der Waals surface area contributed by atoms with Gasteiger partial charge in [0.2, 0.25) is 5.91 Å². The molecule has 0 saturated carbocycles. The Kier molecular flexibility index (Phi) is 5.10. The van der Waals surface area contributed by atoms with Crippen molar-refractivity contribution < 1.29 is 9.18 Å². The van der Waals surface area contributed by atoms with Crippen LogP contribution in [0.25, 0.3) is 0 Å². The van der Waals surface area contributed by atoms with E-state index in [2.05, 4.69) is 5.32 Å². The summed E-state index contributed by atoms with van der Waals surface area (Å²) >= 11 is 0. The lowest BCUT2D eigenvalue weighted by Crippen LogP contribution is -2.22. The van der Waals surface area contributed by atoms with Gasteiger partial charge in [-0.05, 0) is 43.1 Å². The minimum absolute atomic E-state index is 0.0722. The van der Waals surface area contributed by atoms with Gasteiger partial charge >= 0.3 is 0 Å². The third kappa shape index (κ3) is 4.15. The van der Waals surface area contributed by atoms with Gasteiger partial charge in [0.05, 0.1) is 0 Å². The Morgan fingerprint density at radius 2 is 2.24 bits per heavy atom. The monoisotopic (exact) mass is 238 g/mol. The second-order valence-corrected chi connectivity index (χ2v) is 4.22. The topological polar surface area (TPSA) is 55.1 Å². The Balaban J connectivity index is 2.62. The second-order valence-electron chi connectivity index (χ2n) is 4.22. The molecular formula is C13H19FN2O. The van der Waals surface area contributed by atoms with Gasteiger partial charge in [-0.25, -0.2) is 4.39 Å². The van der Waals surface area contributed by atoms with Crippen LogP contribution in [-0.4, -0.2) is 12.5 Å². The van der Waals surface area contributed by atoms with Crippen molar-refractivity contribution in [1.82, 2.24) is 0 Å². The maximum atomic E-state index is 12.9. The molecule has 0 bridgehead atoms. The van der Waals surface area contributed by atoms with E-state index in [1.54, 1.807) is 13.0 Å². The van der Waals surface area contributed by atoms with Crippen molar-refractivity contribution in [3.63, 3.8) is 0 Å². The smallest absolute Gasteiger partial charge is 0.224 e. The molecule has 1 atom stereocenters. The fourth-order valence-electron chi connectivity index (χ4n) is 1.63. The number of benzene rings is 1. The summed E-state index contributed by atoms with van der Waals surface area (Å²) in [6.45, 7) is 4.28. The molecule has 1 rings (SSSR count). The molecule has 1 aromatic rings. The first kappa shape index (κ1) is 13.6. The van der Waals surface area contributed by atoms with Gasteiger partial charge in [-0.3, -0.25) is 4.79 Å². The standard InChI is InChI=1S/C13H19FN2O/c1-3-10(8-15)7-13(17)16-12-5-4-11(14)6-9(12)2/h4-6,10H,3,7-8,15H2,1-2H3,(H,16,17). The molecule has 0 aliphatic heterocycles. The maximum absolute atomic E-state index is 12.9. The van der Waals surface area contributed by atoms with Gasteiger partial charge in [0.25, 0.3) is 0 Å². The molecular weight excluding hydrogens is 219 g/mol. The normalized spacial score (nSPS) is 12.2. The summed E-state index contributed by atoms with van der Waals surface area (Å²) in [5, 5.41) is 2.78. The molecule has 1 unspecified atom stereocenters. The highest BCUT2D eigenvalue weighted by Gasteiger charge is 2.11. The molecule has 17 heavy (non-hydrogen) atoms. The van der Waals surface area contributed by atoms with Crippen LogP contribution in [0.2, 0.25) is 0 Å². The summed E-state index contributed by atoms with van der Waals surface area (Å²) in [4.78, 5) is 11.7. The number of hydrogen-bond acceptors (Lipinski definition) is 2. The predicted octanol–water partition coefficient (Wildman–Crippen LogP) is 2.45. The first-order valence-corrected chi connectivity index (χ1v) is 5.82. The van der Waals surface area contributed by atoms with Crippen LogP contribution >= 0.6 is 0 Å². The van der Waals surface area contributed by atoms with E-state index < -0.39 is 0 Å². The zero-order valence-electron chi connectivity index (χ0n) is 10.3. The fraction of sp³-hybridized carbons (Fsp3) is 0.462. The van der Waals surface area contributed by atoms with E-state index in [9.17, 15) is 9.18 Å². The van der Waals surface area contributed by atoms with Crippen LogP contribution < -0.4 is 11.1 Å². The van der Waals surface area contributed by atoms with Crippen LogP contribution in [0.1, 0.15) is 25.3 Å². The van der Waals surface area contributed by atoms with Gasteiger partial charge in [0, 0.05) is 12.1 Å². The molecule has 0 saturated heterocycles. The predicted molar refractivity (Wildman–Crippen MR) is 67.2 cm³/mol. The van der Waals surface area contributed by atoms with E-state index in [-0.39, 0.29) is 17.6 Å². The average molecular weight is 238 g/mol. The van der Waals surface area contributed by atoms with E-state index >= 15 is 0 Å². The van der Waals surface area contributed by atoms with Gasteiger partial charge in [-0.15, -0.1) is 0 Å². The highest BCUT2D eigenvalue weighted by molar-refractivity contribution is 5.91. The number of aryl methyl sites for hydroxylation is 1. The molecule has 3 nitrogen and oxygen atoms in total. The van der Waals surface area contributed by atoms with E-state index in [0.717, 1.165) is 12.0 Å². The molecule has 0 fully saturated rings. The lowest BCUT2D eigenvalue weighted by atomic mass is 10.0. The van der Waals surface area contributed by atoms with Crippen molar-refractivity contribution >= 4 is 11.6 Å². The van der Waals surface area contributed by atoms with Crippen LogP contribution in [0, 0.1) is 18.7 Å². The van der Waals surface area contributed by atoms with Gasteiger partial charge in [-0.1, -0.05) is 13.3 Å². The number of hydrogen-bond donors (Lipinski definition) is 2. The summed E-state index contributed by atoms with van der Waals surface area (Å²) in [6.07, 6.45) is 1.29. The maximum Gasteiger partial charge on any atom is 0.224 e. The number of halogens is 1. The third-order valence-corrected chi connectivity index (χ3v) is 2.85. The lowest BCUT2D eigenvalue weighted by molar-refractivity contribution is -0.117. The van der Waals surface area contributed by atoms with Crippen LogP contribution in [0.4, 0.5) is 10.1 Å². The molecule has 94 valence electrons. The van der Waals surface area contributed by atoms with Crippen LogP contribution in [0.15, 0.2) is 18.2 Å². The molecule has 0 aliphatic rings. The van der Waals surface area contributed by atoms with E-state index in [1.165, 1.54) is 12.1 Å². The van der Waals surface area contributed by atoms with E-state index in [4.69, 9.17) is 5.73 Å². The molecule has 4 heteroatoms. The first-order chi connectivity index (χ1) is 8.06. The summed E-state index contributed by atoms with van der Waals surface area (Å²) in [5.74, 6) is -0.165. The molecule has 1 aromatic carbocycles. The van der Waals surface area contributed by atoms with Gasteiger partial charge in [0.1, 0.15) is 5.82 Å². The van der Waals surface area contributed by atoms with Crippen LogP contribution in [0.5, 0.6) is 0 Å². The molecule has 0 aliphatic carbocycles. The van der Waals surface area contributed by atoms with Gasteiger partial charge in [0.15, 0.2) is 0 Å². The van der Waals surface area contributed by atoms with Crippen molar-refractivity contribution in [2.45, 2.75) is 26.7 Å². The Morgan fingerprint density at radius 1 is 1.53 bits per heavy atom. The molecule has 0 heterocycles. The Hall–Kier alpha value is -1.42. The molecule has 3 N–H and O–H groups in total. The SMILES string of the molecule is CCC(CN)CC(=O)Nc1ccc(F)cc1C. The zero-order chi connectivity index (χ0) is 12.8. The van der Waals surface area contributed by atoms with Crippen molar-refractivity contribution in [1.29, 1.82) is 0 Å². The summed E-state index contributed by atoms with van der Waals surface area (Å²) in [7, 11) is 0. The average Bonchev–Trinajstić information content (AvgIpc) is 2.29. The number of nitrogens with two attached hydrogens (primary N) is 1. The van der Waals surface area contributed by atoms with Crippen molar-refractivity contribution in [3.8, 4) is 0 Å². The highest BCUT2D eigenvalue weighted by atomic mass is 19.1. The Morgan fingerprint density at radius 3 is 2.76 bits per heavy atom. The highest BCUT2D eigenvalue weighted by Crippen LogP contribution is 2.17. The number of amides is 1. The Bertz CT molecular complexity index is 389. The van der Waals surface area contributed by atoms with Crippen molar-refractivity contribution in [2.24, 2.45) is 11.7 Å². The van der Waals surface area contributed by atoms with E-state index in [1.807, 2.05) is 6.92 Å². The minimum atomic E-state index is -0.297. The molecule has 0 aromatic heterocycles. The van der Waals surface area contributed by atoms with Gasteiger partial charge < -0.3 is 11.1 Å². The zero-order valence-corrected chi connectivity index (χ0v) is 10.3. The summed E-state index contributed by atoms with van der Waals surface area (Å²) < 4.78 is 12.9. The lowest BCUT2D eigenvalue weighted by Gasteiger charge is -2.13. The number of nitrogens with one attached hydrogen (secondary N) is 1.